The van der Waals surface area contributed by atoms with Crippen molar-refractivity contribution in [2.24, 2.45) is 0 Å². The molecule has 0 saturated heterocycles. The Kier molecular flexibility index (Phi) is 5.59. The summed E-state index contributed by atoms with van der Waals surface area (Å²) in [5, 5.41) is 25.0. The molecule has 3 aromatic rings. The lowest BCUT2D eigenvalue weighted by atomic mass is 9.76. The lowest BCUT2D eigenvalue weighted by Crippen LogP contribution is -2.45. The van der Waals surface area contributed by atoms with Crippen LogP contribution in [0.4, 0.5) is 0 Å². The van der Waals surface area contributed by atoms with Crippen molar-refractivity contribution < 1.29 is 10.2 Å². The first-order chi connectivity index (χ1) is 12.7. The molecule has 0 heterocycles. The van der Waals surface area contributed by atoms with E-state index < -0.39 is 5.54 Å². The Balaban J connectivity index is 2.31. The van der Waals surface area contributed by atoms with Crippen LogP contribution in [0.2, 0.25) is 0 Å². The maximum atomic E-state index is 10.7. The molecule has 0 fully saturated rings. The van der Waals surface area contributed by atoms with Gasteiger partial charge in [-0.25, -0.2) is 0 Å². The SMILES string of the molecule is CCCCNC(c1ccccc1)(c1ccccc1O)c1ccccc1O. The van der Waals surface area contributed by atoms with Crippen molar-refractivity contribution in [2.45, 2.75) is 25.3 Å². The van der Waals surface area contributed by atoms with Crippen molar-refractivity contribution in [3.05, 3.63) is 95.6 Å². The molecule has 26 heavy (non-hydrogen) atoms. The quantitative estimate of drug-likeness (QED) is 0.426. The Hall–Kier alpha value is -2.78. The summed E-state index contributed by atoms with van der Waals surface area (Å²) in [6.07, 6.45) is 2.05. The van der Waals surface area contributed by atoms with E-state index in [2.05, 4.69) is 12.2 Å². The molecule has 3 nitrogen and oxygen atoms in total. The number of phenolic OH excluding ortho intramolecular Hbond substituents is 2. The minimum atomic E-state index is -0.840. The van der Waals surface area contributed by atoms with Gasteiger partial charge in [-0.15, -0.1) is 0 Å². The van der Waals surface area contributed by atoms with Gasteiger partial charge in [0.1, 0.15) is 17.0 Å². The van der Waals surface area contributed by atoms with Crippen LogP contribution < -0.4 is 5.32 Å². The Bertz CT molecular complexity index is 800. The minimum absolute atomic E-state index is 0.198. The van der Waals surface area contributed by atoms with Crippen LogP contribution in [0.1, 0.15) is 36.5 Å². The lowest BCUT2D eigenvalue weighted by Gasteiger charge is -2.37. The summed E-state index contributed by atoms with van der Waals surface area (Å²) in [6, 6.07) is 24.6. The van der Waals surface area contributed by atoms with Gasteiger partial charge in [-0.1, -0.05) is 80.1 Å². The number of nitrogens with one attached hydrogen (secondary N) is 1. The molecule has 0 spiro atoms. The van der Waals surface area contributed by atoms with Gasteiger partial charge in [0.05, 0.1) is 0 Å². The molecule has 3 heteroatoms. The molecule has 0 aliphatic heterocycles. The van der Waals surface area contributed by atoms with Crippen molar-refractivity contribution in [3.63, 3.8) is 0 Å². The lowest BCUT2D eigenvalue weighted by molar-refractivity contribution is 0.397. The molecular formula is C23H25NO2. The van der Waals surface area contributed by atoms with Gasteiger partial charge in [0.15, 0.2) is 0 Å². The average Bonchev–Trinajstić information content (AvgIpc) is 2.68. The first-order valence-corrected chi connectivity index (χ1v) is 9.07. The maximum absolute atomic E-state index is 10.7. The number of hydrogen-bond donors (Lipinski definition) is 3. The number of para-hydroxylation sites is 2. The minimum Gasteiger partial charge on any atom is -0.508 e. The van der Waals surface area contributed by atoms with E-state index in [0.29, 0.717) is 0 Å². The van der Waals surface area contributed by atoms with E-state index in [9.17, 15) is 10.2 Å². The molecule has 0 radical (unpaired) electrons. The van der Waals surface area contributed by atoms with E-state index in [-0.39, 0.29) is 11.5 Å². The summed E-state index contributed by atoms with van der Waals surface area (Å²) < 4.78 is 0. The number of benzene rings is 3. The molecule has 0 saturated carbocycles. The molecule has 0 bridgehead atoms. The van der Waals surface area contributed by atoms with Crippen LogP contribution in [0.15, 0.2) is 78.9 Å². The van der Waals surface area contributed by atoms with Crippen LogP contribution in [0, 0.1) is 0 Å². The molecule has 3 N–H and O–H groups in total. The van der Waals surface area contributed by atoms with Crippen molar-refractivity contribution in [2.75, 3.05) is 6.54 Å². The van der Waals surface area contributed by atoms with Gasteiger partial charge in [0.2, 0.25) is 0 Å². The zero-order valence-corrected chi connectivity index (χ0v) is 15.0. The van der Waals surface area contributed by atoms with Gasteiger partial charge in [0, 0.05) is 11.1 Å². The van der Waals surface area contributed by atoms with Crippen LogP contribution in [-0.2, 0) is 5.54 Å². The molecule has 0 atom stereocenters. The third kappa shape index (κ3) is 3.31. The Labute approximate surface area is 155 Å². The molecule has 0 aliphatic rings. The van der Waals surface area contributed by atoms with Crippen LogP contribution in [0.5, 0.6) is 11.5 Å². The molecule has 134 valence electrons. The zero-order chi connectivity index (χ0) is 18.4. The van der Waals surface area contributed by atoms with Gasteiger partial charge in [0.25, 0.3) is 0 Å². The van der Waals surface area contributed by atoms with E-state index in [4.69, 9.17) is 0 Å². The fourth-order valence-corrected chi connectivity index (χ4v) is 3.47. The molecule has 0 aliphatic carbocycles. The molecule has 3 aromatic carbocycles. The average molecular weight is 347 g/mol. The highest BCUT2D eigenvalue weighted by Gasteiger charge is 2.39. The molecule has 0 aromatic heterocycles. The van der Waals surface area contributed by atoms with E-state index in [1.807, 2.05) is 66.7 Å². The summed E-state index contributed by atoms with van der Waals surface area (Å²) in [5.41, 5.74) is 1.58. The fraction of sp³-hybridized carbons (Fsp3) is 0.217. The summed E-state index contributed by atoms with van der Waals surface area (Å²) in [4.78, 5) is 0. The second kappa shape index (κ2) is 8.07. The van der Waals surface area contributed by atoms with Gasteiger partial charge < -0.3 is 10.2 Å². The van der Waals surface area contributed by atoms with Crippen LogP contribution in [-0.4, -0.2) is 16.8 Å². The van der Waals surface area contributed by atoms with Gasteiger partial charge >= 0.3 is 0 Å². The molecule has 0 unspecified atom stereocenters. The smallest absolute Gasteiger partial charge is 0.121 e. The highest BCUT2D eigenvalue weighted by Crippen LogP contribution is 2.43. The number of unbranched alkanes of at least 4 members (excludes halogenated alkanes) is 1. The summed E-state index contributed by atoms with van der Waals surface area (Å²) in [5.74, 6) is 0.396. The number of hydrogen-bond acceptors (Lipinski definition) is 3. The largest absolute Gasteiger partial charge is 0.508 e. The normalized spacial score (nSPS) is 11.4. The van der Waals surface area contributed by atoms with E-state index in [1.165, 1.54) is 0 Å². The number of aromatic hydroxyl groups is 2. The second-order valence-corrected chi connectivity index (χ2v) is 6.43. The monoisotopic (exact) mass is 347 g/mol. The van der Waals surface area contributed by atoms with Gasteiger partial charge in [-0.05, 0) is 30.7 Å². The fourth-order valence-electron chi connectivity index (χ4n) is 3.47. The Morgan fingerprint density at radius 2 is 1.23 bits per heavy atom. The highest BCUT2D eigenvalue weighted by atomic mass is 16.3. The van der Waals surface area contributed by atoms with Crippen LogP contribution in [0.3, 0.4) is 0 Å². The van der Waals surface area contributed by atoms with Crippen molar-refractivity contribution in [3.8, 4) is 11.5 Å². The van der Waals surface area contributed by atoms with Gasteiger partial charge in [-0.2, -0.15) is 0 Å². The summed E-state index contributed by atoms with van der Waals surface area (Å²) in [7, 11) is 0. The summed E-state index contributed by atoms with van der Waals surface area (Å²) >= 11 is 0. The predicted molar refractivity (Wildman–Crippen MR) is 105 cm³/mol. The topological polar surface area (TPSA) is 52.5 Å². The number of phenols is 2. The van der Waals surface area contributed by atoms with Crippen LogP contribution in [0.25, 0.3) is 0 Å². The third-order valence-electron chi connectivity index (χ3n) is 4.74. The standard InChI is InChI=1S/C23H25NO2/c1-2-3-17-24-23(18-11-5-4-6-12-18,19-13-7-9-15-21(19)25)20-14-8-10-16-22(20)26/h4-16,24-26H,2-3,17H2,1H3. The molecular weight excluding hydrogens is 322 g/mol. The maximum Gasteiger partial charge on any atom is 0.121 e. The Morgan fingerprint density at radius 1 is 0.731 bits per heavy atom. The van der Waals surface area contributed by atoms with E-state index in [1.54, 1.807) is 12.1 Å². The third-order valence-corrected chi connectivity index (χ3v) is 4.74. The highest BCUT2D eigenvalue weighted by molar-refractivity contribution is 5.57. The zero-order valence-electron chi connectivity index (χ0n) is 15.0. The van der Waals surface area contributed by atoms with Crippen molar-refractivity contribution >= 4 is 0 Å². The number of rotatable bonds is 7. The predicted octanol–water partition coefficient (Wildman–Crippen LogP) is 4.78. The van der Waals surface area contributed by atoms with E-state index >= 15 is 0 Å². The molecule has 3 rings (SSSR count). The molecule has 0 amide bonds. The first kappa shape index (κ1) is 18.0. The van der Waals surface area contributed by atoms with E-state index in [0.717, 1.165) is 36.1 Å². The van der Waals surface area contributed by atoms with Crippen molar-refractivity contribution in [1.82, 2.24) is 5.32 Å². The van der Waals surface area contributed by atoms with Crippen molar-refractivity contribution in [1.29, 1.82) is 0 Å². The summed E-state index contributed by atoms with van der Waals surface area (Å²) in [6.45, 7) is 2.90. The Morgan fingerprint density at radius 3 is 1.73 bits per heavy atom. The van der Waals surface area contributed by atoms with Crippen LogP contribution >= 0.6 is 0 Å². The first-order valence-electron chi connectivity index (χ1n) is 9.07. The second-order valence-electron chi connectivity index (χ2n) is 6.43. The van der Waals surface area contributed by atoms with Gasteiger partial charge in [-0.3, -0.25) is 5.32 Å².